The molecule has 9 heteroatoms. The lowest BCUT2D eigenvalue weighted by molar-refractivity contribution is -0.117. The molecule has 0 atom stereocenters. The molecule has 0 saturated carbocycles. The largest absolute Gasteiger partial charge is 0.325 e. The Balaban J connectivity index is 1.56. The summed E-state index contributed by atoms with van der Waals surface area (Å²) in [4.78, 5) is 15.5. The maximum atomic E-state index is 12.8. The zero-order valence-corrected chi connectivity index (χ0v) is 18.8. The minimum Gasteiger partial charge on any atom is -0.325 e. The first-order chi connectivity index (χ1) is 13.8. The molecule has 0 spiro atoms. The number of rotatable bonds is 7. The zero-order valence-electron chi connectivity index (χ0n) is 16.4. The Morgan fingerprint density at radius 3 is 2.34 bits per heavy atom. The summed E-state index contributed by atoms with van der Waals surface area (Å²) in [7, 11) is -1.61. The minimum atomic E-state index is -3.48. The molecule has 1 aromatic heterocycles. The third-order valence-corrected chi connectivity index (χ3v) is 7.94. The smallest absolute Gasteiger partial charge is 0.243 e. The van der Waals surface area contributed by atoms with E-state index in [-0.39, 0.29) is 17.3 Å². The summed E-state index contributed by atoms with van der Waals surface area (Å²) in [5, 5.41) is 2.82. The zero-order chi connectivity index (χ0) is 20.9. The van der Waals surface area contributed by atoms with Crippen molar-refractivity contribution in [2.45, 2.75) is 37.1 Å². The number of sulfonamides is 1. The molecule has 1 aliphatic heterocycles. The number of hydrogen-bond donors (Lipinski definition) is 1. The van der Waals surface area contributed by atoms with Crippen LogP contribution in [-0.2, 0) is 21.4 Å². The highest BCUT2D eigenvalue weighted by molar-refractivity contribution is 7.89. The Kier molecular flexibility index (Phi) is 7.70. The topological polar surface area (TPSA) is 69.7 Å². The van der Waals surface area contributed by atoms with Crippen molar-refractivity contribution in [1.82, 2.24) is 9.21 Å². The van der Waals surface area contributed by atoms with Crippen LogP contribution in [-0.4, -0.2) is 50.2 Å². The fourth-order valence-electron chi connectivity index (χ4n) is 3.35. The van der Waals surface area contributed by atoms with Crippen molar-refractivity contribution in [3.63, 3.8) is 0 Å². The van der Waals surface area contributed by atoms with Crippen molar-refractivity contribution in [2.24, 2.45) is 0 Å². The Hall–Kier alpha value is -1.45. The minimum absolute atomic E-state index is 0.154. The van der Waals surface area contributed by atoms with Gasteiger partial charge in [0.05, 0.1) is 15.8 Å². The Bertz CT molecular complexity index is 921. The average Bonchev–Trinajstić information content (AvgIpc) is 2.91. The number of anilines is 1. The molecular formula is C20H26ClN3O3S2. The van der Waals surface area contributed by atoms with Gasteiger partial charge in [0.15, 0.2) is 0 Å². The number of halogens is 1. The first kappa shape index (κ1) is 22.2. The van der Waals surface area contributed by atoms with Gasteiger partial charge in [-0.1, -0.05) is 24.4 Å². The molecule has 6 nitrogen and oxygen atoms in total. The molecule has 2 aromatic rings. The molecule has 1 fully saturated rings. The standard InChI is InChI=1S/C20H26ClN3O3S2/c1-23(14-17-8-11-19(21)28-17)15-20(25)22-16-6-9-18(10-7-16)29(26,27)24-12-4-2-3-5-13-24/h6-11H,2-5,12-15H2,1H3,(H,22,25). The van der Waals surface area contributed by atoms with Gasteiger partial charge in [0.1, 0.15) is 0 Å². The predicted octanol–water partition coefficient (Wildman–Crippen LogP) is 4.04. The second kappa shape index (κ2) is 10.0. The molecule has 1 N–H and O–H groups in total. The second-order valence-corrected chi connectivity index (χ2v) is 11.0. The van der Waals surface area contributed by atoms with Gasteiger partial charge in [-0.25, -0.2) is 8.42 Å². The van der Waals surface area contributed by atoms with Crippen molar-refractivity contribution in [2.75, 3.05) is 32.0 Å². The van der Waals surface area contributed by atoms with E-state index in [1.807, 2.05) is 24.1 Å². The van der Waals surface area contributed by atoms with Crippen molar-refractivity contribution in [1.29, 1.82) is 0 Å². The van der Waals surface area contributed by atoms with Crippen LogP contribution in [0, 0.1) is 0 Å². The SMILES string of the molecule is CN(CC(=O)Nc1ccc(S(=O)(=O)N2CCCCCC2)cc1)Cc1ccc(Cl)s1. The summed E-state index contributed by atoms with van der Waals surface area (Å²) < 4.78 is 27.9. The van der Waals surface area contributed by atoms with Crippen molar-refractivity contribution in [3.8, 4) is 0 Å². The monoisotopic (exact) mass is 455 g/mol. The van der Waals surface area contributed by atoms with E-state index in [4.69, 9.17) is 11.6 Å². The van der Waals surface area contributed by atoms with E-state index in [1.54, 1.807) is 28.6 Å². The van der Waals surface area contributed by atoms with E-state index in [0.717, 1.165) is 34.9 Å². The number of nitrogens with zero attached hydrogens (tertiary/aromatic N) is 2. The third kappa shape index (κ3) is 6.26. The van der Waals surface area contributed by atoms with Crippen LogP contribution in [0.1, 0.15) is 30.6 Å². The molecule has 1 amide bonds. The van der Waals surface area contributed by atoms with Crippen LogP contribution in [0.3, 0.4) is 0 Å². The molecule has 1 saturated heterocycles. The molecule has 0 bridgehead atoms. The number of carbonyl (C=O) groups excluding carboxylic acids is 1. The summed E-state index contributed by atoms with van der Waals surface area (Å²) in [6, 6.07) is 10.2. The van der Waals surface area contributed by atoms with Crippen molar-refractivity contribution in [3.05, 3.63) is 45.6 Å². The lowest BCUT2D eigenvalue weighted by Gasteiger charge is -2.20. The number of amides is 1. The van der Waals surface area contributed by atoms with E-state index >= 15 is 0 Å². The molecule has 29 heavy (non-hydrogen) atoms. The highest BCUT2D eigenvalue weighted by Crippen LogP contribution is 2.23. The Morgan fingerprint density at radius 2 is 1.76 bits per heavy atom. The molecule has 3 rings (SSSR count). The predicted molar refractivity (Wildman–Crippen MR) is 118 cm³/mol. The van der Waals surface area contributed by atoms with E-state index in [1.165, 1.54) is 11.3 Å². The third-order valence-electron chi connectivity index (χ3n) is 4.81. The highest BCUT2D eigenvalue weighted by Gasteiger charge is 2.25. The number of nitrogens with one attached hydrogen (secondary N) is 1. The first-order valence-corrected chi connectivity index (χ1v) is 12.3. The quantitative estimate of drug-likeness (QED) is 0.684. The van der Waals surface area contributed by atoms with E-state index < -0.39 is 10.0 Å². The molecule has 0 radical (unpaired) electrons. The van der Waals surface area contributed by atoms with Gasteiger partial charge in [0.25, 0.3) is 0 Å². The van der Waals surface area contributed by atoms with Crippen LogP contribution in [0.4, 0.5) is 5.69 Å². The van der Waals surface area contributed by atoms with Crippen molar-refractivity contribution >= 4 is 44.6 Å². The lowest BCUT2D eigenvalue weighted by atomic mass is 10.2. The van der Waals surface area contributed by atoms with Crippen LogP contribution in [0.5, 0.6) is 0 Å². The highest BCUT2D eigenvalue weighted by atomic mass is 35.5. The summed E-state index contributed by atoms with van der Waals surface area (Å²) >= 11 is 7.43. The maximum Gasteiger partial charge on any atom is 0.243 e. The number of likely N-dealkylation sites (N-methyl/N-ethyl adjacent to an activating group) is 1. The van der Waals surface area contributed by atoms with E-state index in [2.05, 4.69) is 5.32 Å². The fraction of sp³-hybridized carbons (Fsp3) is 0.450. The van der Waals surface area contributed by atoms with Gasteiger partial charge in [-0.2, -0.15) is 4.31 Å². The maximum absolute atomic E-state index is 12.8. The van der Waals surface area contributed by atoms with E-state index in [0.29, 0.717) is 25.3 Å². The number of benzene rings is 1. The van der Waals surface area contributed by atoms with Crippen LogP contribution < -0.4 is 5.32 Å². The summed E-state index contributed by atoms with van der Waals surface area (Å²) in [6.45, 7) is 2.01. The molecule has 1 aromatic carbocycles. The lowest BCUT2D eigenvalue weighted by Crippen LogP contribution is -2.32. The van der Waals surface area contributed by atoms with Gasteiger partial charge in [-0.15, -0.1) is 11.3 Å². The molecule has 0 unspecified atom stereocenters. The summed E-state index contributed by atoms with van der Waals surface area (Å²) in [5.74, 6) is -0.154. The average molecular weight is 456 g/mol. The number of thiophene rings is 1. The van der Waals surface area contributed by atoms with Gasteiger partial charge in [0.2, 0.25) is 15.9 Å². The number of hydrogen-bond acceptors (Lipinski definition) is 5. The van der Waals surface area contributed by atoms with Gasteiger partial charge >= 0.3 is 0 Å². The van der Waals surface area contributed by atoms with Crippen LogP contribution >= 0.6 is 22.9 Å². The fourth-order valence-corrected chi connectivity index (χ4v) is 6.03. The van der Waals surface area contributed by atoms with Crippen molar-refractivity contribution < 1.29 is 13.2 Å². The van der Waals surface area contributed by atoms with Gasteiger partial charge in [-0.3, -0.25) is 9.69 Å². The number of carbonyl (C=O) groups is 1. The molecule has 0 aliphatic carbocycles. The van der Waals surface area contributed by atoms with Gasteiger partial charge in [0, 0.05) is 30.2 Å². The summed E-state index contributed by atoms with van der Waals surface area (Å²) in [5.41, 5.74) is 0.581. The van der Waals surface area contributed by atoms with Crippen LogP contribution in [0.25, 0.3) is 0 Å². The van der Waals surface area contributed by atoms with E-state index in [9.17, 15) is 13.2 Å². The molecular weight excluding hydrogens is 430 g/mol. The van der Waals surface area contributed by atoms with Crippen LogP contribution in [0.2, 0.25) is 4.34 Å². The first-order valence-electron chi connectivity index (χ1n) is 9.67. The summed E-state index contributed by atoms with van der Waals surface area (Å²) in [6.07, 6.45) is 3.95. The normalized spacial score (nSPS) is 16.0. The van der Waals surface area contributed by atoms with Gasteiger partial charge < -0.3 is 5.32 Å². The second-order valence-electron chi connectivity index (χ2n) is 7.27. The molecule has 1 aliphatic rings. The molecule has 158 valence electrons. The molecule has 2 heterocycles. The Labute approximate surface area is 181 Å². The van der Waals surface area contributed by atoms with Crippen LogP contribution in [0.15, 0.2) is 41.3 Å². The Morgan fingerprint density at radius 1 is 1.10 bits per heavy atom. The van der Waals surface area contributed by atoms with Gasteiger partial charge in [-0.05, 0) is 56.3 Å².